The van der Waals surface area contributed by atoms with Crippen LogP contribution < -0.4 is 14.8 Å². The Morgan fingerprint density at radius 2 is 1.74 bits per heavy atom. The van der Waals surface area contributed by atoms with Crippen LogP contribution in [0.5, 0.6) is 11.5 Å². The minimum absolute atomic E-state index is 0.0309. The van der Waals surface area contributed by atoms with Crippen LogP contribution in [0.4, 0.5) is 4.39 Å². The van der Waals surface area contributed by atoms with Gasteiger partial charge in [0.1, 0.15) is 0 Å². The van der Waals surface area contributed by atoms with Gasteiger partial charge < -0.3 is 14.8 Å². The van der Waals surface area contributed by atoms with Crippen molar-refractivity contribution < 1.29 is 18.7 Å². The minimum atomic E-state index is -1.34. The summed E-state index contributed by atoms with van der Waals surface area (Å²) in [5.41, 5.74) is -0.175. The molecule has 1 rings (SSSR count). The van der Waals surface area contributed by atoms with Crippen molar-refractivity contribution in [3.05, 3.63) is 23.5 Å². The molecular formula is C21H36FNO3Si. The van der Waals surface area contributed by atoms with Crippen LogP contribution in [0, 0.1) is 11.2 Å². The molecule has 0 fully saturated rings. The molecule has 1 amide bonds. The third-order valence-corrected chi connectivity index (χ3v) is 5.75. The van der Waals surface area contributed by atoms with Gasteiger partial charge in [-0.3, -0.25) is 4.79 Å². The van der Waals surface area contributed by atoms with Crippen LogP contribution in [0.2, 0.25) is 25.7 Å². The normalized spacial score (nSPS) is 12.7. The van der Waals surface area contributed by atoms with E-state index in [0.29, 0.717) is 6.61 Å². The maximum absolute atomic E-state index is 14.8. The van der Waals surface area contributed by atoms with E-state index in [4.69, 9.17) is 9.47 Å². The molecule has 0 heterocycles. The number of nitrogens with one attached hydrogen (secondary N) is 1. The lowest BCUT2D eigenvalue weighted by atomic mass is 9.81. The van der Waals surface area contributed by atoms with Gasteiger partial charge in [0, 0.05) is 13.6 Å². The first-order valence-electron chi connectivity index (χ1n) is 9.47. The van der Waals surface area contributed by atoms with Gasteiger partial charge in [-0.1, -0.05) is 40.4 Å². The average Bonchev–Trinajstić information content (AvgIpc) is 2.44. The van der Waals surface area contributed by atoms with Gasteiger partial charge in [-0.15, -0.1) is 0 Å². The van der Waals surface area contributed by atoms with Crippen LogP contribution in [0.25, 0.3) is 0 Å². The van der Waals surface area contributed by atoms with E-state index in [-0.39, 0.29) is 28.4 Å². The maximum atomic E-state index is 14.8. The number of ether oxygens (including phenoxy) is 2. The number of benzene rings is 1. The molecule has 0 unspecified atom stereocenters. The van der Waals surface area contributed by atoms with E-state index in [9.17, 15) is 9.18 Å². The molecule has 154 valence electrons. The number of rotatable bonds is 8. The molecule has 0 radical (unpaired) electrons. The van der Waals surface area contributed by atoms with Gasteiger partial charge in [-0.2, -0.15) is 4.39 Å². The number of carbonyl (C=O) groups is 1. The molecule has 0 aromatic heterocycles. The molecule has 0 bridgehead atoms. The smallest absolute Gasteiger partial charge is 0.255 e. The second kappa shape index (κ2) is 8.63. The minimum Gasteiger partial charge on any atom is -0.494 e. The van der Waals surface area contributed by atoms with E-state index in [2.05, 4.69) is 45.7 Å². The number of halogens is 1. The zero-order valence-corrected chi connectivity index (χ0v) is 19.4. The Morgan fingerprint density at radius 3 is 2.22 bits per heavy atom. The van der Waals surface area contributed by atoms with Crippen molar-refractivity contribution in [2.24, 2.45) is 5.41 Å². The molecule has 4 nitrogen and oxygen atoms in total. The van der Waals surface area contributed by atoms with Gasteiger partial charge in [0.25, 0.3) is 5.91 Å². The lowest BCUT2D eigenvalue weighted by Gasteiger charge is -2.33. The quantitative estimate of drug-likeness (QED) is 0.590. The average molecular weight is 398 g/mol. The van der Waals surface area contributed by atoms with Gasteiger partial charge >= 0.3 is 0 Å². The summed E-state index contributed by atoms with van der Waals surface area (Å²) in [4.78, 5) is 12.9. The summed E-state index contributed by atoms with van der Waals surface area (Å²) >= 11 is 0. The third-order valence-electron chi connectivity index (χ3n) is 4.05. The Balaban J connectivity index is 3.11. The summed E-state index contributed by atoms with van der Waals surface area (Å²) in [7, 11) is 0.0601. The van der Waals surface area contributed by atoms with Gasteiger partial charge in [-0.05, 0) is 43.9 Å². The Hall–Kier alpha value is -1.56. The SMILES string of the molecule is COc1ccc(C(=O)NC(C)(C)CC(C)(C)C)c(OCC[Si](C)(C)C)c1F. The predicted octanol–water partition coefficient (Wildman–Crippen LogP) is 5.50. The Bertz CT molecular complexity index is 661. The zero-order chi connectivity index (χ0) is 21.0. The van der Waals surface area contributed by atoms with Crippen LogP contribution in [0.15, 0.2) is 12.1 Å². The highest BCUT2D eigenvalue weighted by Gasteiger charge is 2.29. The predicted molar refractivity (Wildman–Crippen MR) is 112 cm³/mol. The molecule has 1 aromatic carbocycles. The van der Waals surface area contributed by atoms with Gasteiger partial charge in [0.15, 0.2) is 11.5 Å². The first-order valence-corrected chi connectivity index (χ1v) is 13.2. The van der Waals surface area contributed by atoms with E-state index >= 15 is 0 Å². The topological polar surface area (TPSA) is 47.6 Å². The highest BCUT2D eigenvalue weighted by molar-refractivity contribution is 6.76. The number of methoxy groups -OCH3 is 1. The molecule has 6 heteroatoms. The van der Waals surface area contributed by atoms with Crippen molar-refractivity contribution in [3.8, 4) is 11.5 Å². The van der Waals surface area contributed by atoms with E-state index in [1.807, 2.05) is 13.8 Å². The van der Waals surface area contributed by atoms with Crippen LogP contribution >= 0.6 is 0 Å². The van der Waals surface area contributed by atoms with Crippen molar-refractivity contribution >= 4 is 14.0 Å². The van der Waals surface area contributed by atoms with Crippen molar-refractivity contribution in [3.63, 3.8) is 0 Å². The fourth-order valence-electron chi connectivity index (χ4n) is 3.22. The lowest BCUT2D eigenvalue weighted by Crippen LogP contribution is -2.46. The fourth-order valence-corrected chi connectivity index (χ4v) is 3.93. The molecule has 1 aromatic rings. The summed E-state index contributed by atoms with van der Waals surface area (Å²) < 4.78 is 25.6. The summed E-state index contributed by atoms with van der Waals surface area (Å²) in [6.45, 7) is 17.4. The standard InChI is InChI=1S/C21H36FNO3Si/c1-20(2,3)14-21(4,5)23-19(24)15-10-11-16(25-6)17(22)18(15)26-12-13-27(7,8)9/h10-11H,12-14H2,1-9H3,(H,23,24). The van der Waals surface area contributed by atoms with E-state index in [1.165, 1.54) is 13.2 Å². The van der Waals surface area contributed by atoms with Crippen LogP contribution in [0.1, 0.15) is 51.4 Å². The summed E-state index contributed by atoms with van der Waals surface area (Å²) in [5.74, 6) is -0.927. The highest BCUT2D eigenvalue weighted by Crippen LogP contribution is 2.32. The third kappa shape index (κ3) is 7.91. The molecule has 0 aliphatic rings. The monoisotopic (exact) mass is 397 g/mol. The number of amides is 1. The lowest BCUT2D eigenvalue weighted by molar-refractivity contribution is 0.0886. The zero-order valence-electron chi connectivity index (χ0n) is 18.4. The van der Waals surface area contributed by atoms with Gasteiger partial charge in [0.05, 0.1) is 19.3 Å². The van der Waals surface area contributed by atoms with Crippen molar-refractivity contribution in [1.82, 2.24) is 5.32 Å². The molecule has 0 spiro atoms. The van der Waals surface area contributed by atoms with Crippen molar-refractivity contribution in [2.75, 3.05) is 13.7 Å². The van der Waals surface area contributed by atoms with Gasteiger partial charge in [-0.25, -0.2) is 0 Å². The molecule has 0 atom stereocenters. The Labute approximate surface area is 164 Å². The van der Waals surface area contributed by atoms with E-state index in [1.54, 1.807) is 6.07 Å². The molecule has 27 heavy (non-hydrogen) atoms. The van der Waals surface area contributed by atoms with E-state index in [0.717, 1.165) is 12.5 Å². The first-order chi connectivity index (χ1) is 12.2. The Kier molecular flexibility index (Phi) is 7.50. The second-order valence-electron chi connectivity index (χ2n) is 10.2. The molecule has 0 aliphatic carbocycles. The van der Waals surface area contributed by atoms with Crippen LogP contribution in [-0.2, 0) is 0 Å². The van der Waals surface area contributed by atoms with Crippen molar-refractivity contribution in [1.29, 1.82) is 0 Å². The summed E-state index contributed by atoms with van der Waals surface area (Å²) in [5, 5.41) is 3.02. The molecular weight excluding hydrogens is 361 g/mol. The summed E-state index contributed by atoms with van der Waals surface area (Å²) in [6.07, 6.45) is 0.788. The maximum Gasteiger partial charge on any atom is 0.255 e. The Morgan fingerprint density at radius 1 is 1.15 bits per heavy atom. The van der Waals surface area contributed by atoms with Crippen LogP contribution in [-0.4, -0.2) is 33.2 Å². The van der Waals surface area contributed by atoms with Gasteiger partial charge in [0.2, 0.25) is 5.82 Å². The number of carbonyl (C=O) groups excluding carboxylic acids is 1. The number of hydrogen-bond acceptors (Lipinski definition) is 3. The molecule has 0 saturated heterocycles. The second-order valence-corrected chi connectivity index (χ2v) is 15.8. The first kappa shape index (κ1) is 23.5. The molecule has 0 saturated carbocycles. The van der Waals surface area contributed by atoms with Crippen molar-refractivity contribution in [2.45, 2.75) is 72.3 Å². The summed E-state index contributed by atoms with van der Waals surface area (Å²) in [6, 6.07) is 3.90. The largest absolute Gasteiger partial charge is 0.494 e. The molecule has 1 N–H and O–H groups in total. The fraction of sp³-hybridized carbons (Fsp3) is 0.667. The van der Waals surface area contributed by atoms with E-state index < -0.39 is 19.4 Å². The highest BCUT2D eigenvalue weighted by atomic mass is 28.3. The molecule has 0 aliphatic heterocycles. The van der Waals surface area contributed by atoms with Crippen LogP contribution in [0.3, 0.4) is 0 Å². The number of hydrogen-bond donors (Lipinski definition) is 1.